The number of fused-ring (bicyclic) bond motifs is 2. The van der Waals surface area contributed by atoms with E-state index in [4.69, 9.17) is 0 Å². The fourth-order valence-electron chi connectivity index (χ4n) is 5.09. The maximum absolute atomic E-state index is 12.7. The van der Waals surface area contributed by atoms with Crippen molar-refractivity contribution < 1.29 is 9.90 Å². The van der Waals surface area contributed by atoms with Crippen LogP contribution in [-0.2, 0) is 0 Å². The predicted molar refractivity (Wildman–Crippen MR) is 120 cm³/mol. The summed E-state index contributed by atoms with van der Waals surface area (Å²) >= 11 is 1.37. The summed E-state index contributed by atoms with van der Waals surface area (Å²) in [6.07, 6.45) is 9.35. The molecule has 0 radical (unpaired) electrons. The van der Waals surface area contributed by atoms with Crippen LogP contribution in [0.15, 0.2) is 24.7 Å². The summed E-state index contributed by atoms with van der Waals surface area (Å²) in [5.74, 6) is 1.33. The van der Waals surface area contributed by atoms with Crippen LogP contribution in [0.2, 0.25) is 0 Å². The van der Waals surface area contributed by atoms with Crippen LogP contribution in [0.3, 0.4) is 0 Å². The SMILES string of the molecule is O=C(NC1(CO)CC1)c1cnc(-c2cnc3[nH]ccc3c2NC2C[C@H]3CNC[C@H]3C2)s1. The van der Waals surface area contributed by atoms with Crippen molar-refractivity contribution >= 4 is 34.0 Å². The highest BCUT2D eigenvalue weighted by Gasteiger charge is 2.44. The Labute approximate surface area is 183 Å². The molecule has 0 aromatic carbocycles. The molecule has 3 fully saturated rings. The monoisotopic (exact) mass is 438 g/mol. The van der Waals surface area contributed by atoms with E-state index in [0.29, 0.717) is 10.9 Å². The minimum Gasteiger partial charge on any atom is -0.394 e. The summed E-state index contributed by atoms with van der Waals surface area (Å²) < 4.78 is 0. The number of thiazole rings is 1. The third-order valence-corrected chi connectivity index (χ3v) is 8.11. The third kappa shape index (κ3) is 3.40. The summed E-state index contributed by atoms with van der Waals surface area (Å²) in [5.41, 5.74) is 2.38. The van der Waals surface area contributed by atoms with Gasteiger partial charge in [-0.05, 0) is 56.7 Å². The molecule has 9 heteroatoms. The molecule has 4 heterocycles. The van der Waals surface area contributed by atoms with Crippen molar-refractivity contribution in [3.05, 3.63) is 29.5 Å². The molecule has 162 valence electrons. The minimum absolute atomic E-state index is 0.0224. The van der Waals surface area contributed by atoms with Gasteiger partial charge in [0, 0.05) is 23.8 Å². The van der Waals surface area contributed by atoms with Gasteiger partial charge in [-0.25, -0.2) is 9.97 Å². The molecule has 31 heavy (non-hydrogen) atoms. The van der Waals surface area contributed by atoms with Crippen molar-refractivity contribution in [1.29, 1.82) is 0 Å². The number of amides is 1. The van der Waals surface area contributed by atoms with Crippen molar-refractivity contribution in [1.82, 2.24) is 25.6 Å². The van der Waals surface area contributed by atoms with Gasteiger partial charge in [-0.3, -0.25) is 4.79 Å². The van der Waals surface area contributed by atoms with Crippen molar-refractivity contribution in [2.24, 2.45) is 11.8 Å². The number of aromatic amines is 1. The lowest BCUT2D eigenvalue weighted by Crippen LogP contribution is -2.39. The number of aliphatic hydroxyl groups is 1. The number of pyridine rings is 1. The average Bonchev–Trinajstić information content (AvgIpc) is 3.26. The number of nitrogens with zero attached hydrogens (tertiary/aromatic N) is 2. The average molecular weight is 439 g/mol. The van der Waals surface area contributed by atoms with Crippen LogP contribution in [-0.4, -0.2) is 57.2 Å². The Morgan fingerprint density at radius 3 is 2.77 bits per heavy atom. The number of rotatable bonds is 6. The lowest BCUT2D eigenvalue weighted by molar-refractivity contribution is 0.0910. The first kappa shape index (κ1) is 19.2. The van der Waals surface area contributed by atoms with Gasteiger partial charge in [0.25, 0.3) is 5.91 Å². The van der Waals surface area contributed by atoms with E-state index in [0.717, 1.165) is 65.1 Å². The van der Waals surface area contributed by atoms with Crippen molar-refractivity contribution in [2.45, 2.75) is 37.3 Å². The molecule has 2 aliphatic carbocycles. The Bertz CT molecular complexity index is 1120. The lowest BCUT2D eigenvalue weighted by Gasteiger charge is -2.18. The third-order valence-electron chi connectivity index (χ3n) is 7.08. The molecule has 3 atom stereocenters. The zero-order chi connectivity index (χ0) is 21.0. The van der Waals surface area contributed by atoms with Gasteiger partial charge in [-0.15, -0.1) is 11.3 Å². The summed E-state index contributed by atoms with van der Waals surface area (Å²) in [6.45, 7) is 2.21. The van der Waals surface area contributed by atoms with Crippen LogP contribution in [0.4, 0.5) is 5.69 Å². The molecular formula is C22H26N6O2S. The molecule has 1 unspecified atom stereocenters. The molecule has 3 aliphatic rings. The van der Waals surface area contributed by atoms with Crippen LogP contribution in [0.25, 0.3) is 21.6 Å². The van der Waals surface area contributed by atoms with Gasteiger partial charge in [0.15, 0.2) is 0 Å². The molecule has 6 rings (SSSR count). The highest BCUT2D eigenvalue weighted by atomic mass is 32.1. The van der Waals surface area contributed by atoms with Gasteiger partial charge in [0.1, 0.15) is 15.5 Å². The number of anilines is 1. The zero-order valence-electron chi connectivity index (χ0n) is 17.1. The zero-order valence-corrected chi connectivity index (χ0v) is 18.0. The fourth-order valence-corrected chi connectivity index (χ4v) is 5.92. The van der Waals surface area contributed by atoms with Crippen molar-refractivity contribution in [2.75, 3.05) is 25.0 Å². The van der Waals surface area contributed by atoms with E-state index in [1.54, 1.807) is 6.20 Å². The van der Waals surface area contributed by atoms with E-state index in [1.807, 2.05) is 18.5 Å². The Balaban J connectivity index is 1.30. The molecule has 1 aliphatic heterocycles. The minimum atomic E-state index is -0.436. The number of aliphatic hydroxyl groups excluding tert-OH is 1. The first-order valence-electron chi connectivity index (χ1n) is 11.0. The molecule has 3 aromatic heterocycles. The first-order valence-corrected chi connectivity index (χ1v) is 11.8. The summed E-state index contributed by atoms with van der Waals surface area (Å²) in [4.78, 5) is 25.5. The molecule has 3 aromatic rings. The number of nitrogens with one attached hydrogen (secondary N) is 4. The molecule has 0 spiro atoms. The number of hydrogen-bond acceptors (Lipinski definition) is 7. The Morgan fingerprint density at radius 1 is 1.23 bits per heavy atom. The Morgan fingerprint density at radius 2 is 2.03 bits per heavy atom. The van der Waals surface area contributed by atoms with Crippen molar-refractivity contribution in [3.63, 3.8) is 0 Å². The quantitative estimate of drug-likeness (QED) is 0.404. The molecule has 8 nitrogen and oxygen atoms in total. The molecular weight excluding hydrogens is 412 g/mol. The van der Waals surface area contributed by atoms with E-state index in [-0.39, 0.29) is 12.5 Å². The number of carbonyl (C=O) groups is 1. The highest BCUT2D eigenvalue weighted by molar-refractivity contribution is 7.17. The van der Waals surface area contributed by atoms with Crippen LogP contribution < -0.4 is 16.0 Å². The Kier molecular flexibility index (Phi) is 4.52. The molecule has 0 bridgehead atoms. The maximum atomic E-state index is 12.7. The number of hydrogen-bond donors (Lipinski definition) is 5. The second-order valence-corrected chi connectivity index (χ2v) is 10.2. The van der Waals surface area contributed by atoms with E-state index in [1.165, 1.54) is 24.2 Å². The fraction of sp³-hybridized carbons (Fsp3) is 0.500. The van der Waals surface area contributed by atoms with Crippen LogP contribution in [0.5, 0.6) is 0 Å². The standard InChI is InChI=1S/C22H26N6O2S/c29-11-22(2-3-22)28-20(30)17-10-26-21(31-17)16-9-25-19-15(1-4-24-19)18(16)27-14-5-12-7-23-8-13(12)6-14/h1,4,9-10,12-14,23,29H,2-3,5-8,11H2,(H,28,30)(H2,24,25,27)/t12-,13+,14?. The van der Waals surface area contributed by atoms with Crippen LogP contribution in [0, 0.1) is 11.8 Å². The van der Waals surface area contributed by atoms with E-state index >= 15 is 0 Å². The van der Waals surface area contributed by atoms with Crippen LogP contribution in [0.1, 0.15) is 35.4 Å². The van der Waals surface area contributed by atoms with E-state index < -0.39 is 5.54 Å². The van der Waals surface area contributed by atoms with Gasteiger partial charge in [-0.2, -0.15) is 0 Å². The maximum Gasteiger partial charge on any atom is 0.263 e. The smallest absolute Gasteiger partial charge is 0.263 e. The van der Waals surface area contributed by atoms with E-state index in [2.05, 4.69) is 30.9 Å². The second kappa shape index (κ2) is 7.29. The largest absolute Gasteiger partial charge is 0.394 e. The van der Waals surface area contributed by atoms with Crippen molar-refractivity contribution in [3.8, 4) is 10.6 Å². The number of aromatic nitrogens is 3. The number of carbonyl (C=O) groups excluding carboxylic acids is 1. The molecule has 1 saturated heterocycles. The topological polar surface area (TPSA) is 115 Å². The van der Waals surface area contributed by atoms with Crippen LogP contribution >= 0.6 is 11.3 Å². The second-order valence-electron chi connectivity index (χ2n) is 9.20. The highest BCUT2D eigenvalue weighted by Crippen LogP contribution is 2.41. The van der Waals surface area contributed by atoms with Gasteiger partial charge >= 0.3 is 0 Å². The van der Waals surface area contributed by atoms with Gasteiger partial charge in [0.05, 0.1) is 29.6 Å². The lowest BCUT2D eigenvalue weighted by atomic mass is 10.0. The summed E-state index contributed by atoms with van der Waals surface area (Å²) in [7, 11) is 0. The van der Waals surface area contributed by atoms with Gasteiger partial charge in [-0.1, -0.05) is 0 Å². The molecule has 2 saturated carbocycles. The first-order chi connectivity index (χ1) is 15.1. The normalized spacial score (nSPS) is 26.2. The van der Waals surface area contributed by atoms with Gasteiger partial charge in [0.2, 0.25) is 0 Å². The Hall–Kier alpha value is -2.49. The number of H-pyrrole nitrogens is 1. The van der Waals surface area contributed by atoms with E-state index in [9.17, 15) is 9.90 Å². The molecule has 1 amide bonds. The predicted octanol–water partition coefficient (Wildman–Crippen LogP) is 2.35. The molecule has 5 N–H and O–H groups in total. The summed E-state index contributed by atoms with van der Waals surface area (Å²) in [6, 6.07) is 2.48. The van der Waals surface area contributed by atoms with Gasteiger partial charge < -0.3 is 26.0 Å². The summed E-state index contributed by atoms with van der Waals surface area (Å²) in [5, 5.41) is 21.6.